The lowest BCUT2D eigenvalue weighted by Crippen LogP contribution is -2.36. The third kappa shape index (κ3) is 5.21. The first-order valence-corrected chi connectivity index (χ1v) is 8.61. The number of nitrogens with zero attached hydrogens (tertiary/aromatic N) is 1. The van der Waals surface area contributed by atoms with Crippen LogP contribution in [0.25, 0.3) is 0 Å². The number of carbonyl (C=O) groups is 2. The molecule has 3 N–H and O–H groups in total. The second-order valence-electron chi connectivity index (χ2n) is 6.00. The molecule has 2 rings (SSSR count). The summed E-state index contributed by atoms with van der Waals surface area (Å²) in [5.41, 5.74) is 2.74. The molecule has 0 aromatic heterocycles. The molecule has 2 aromatic carbocycles. The number of rotatable bonds is 7. The van der Waals surface area contributed by atoms with E-state index in [-0.39, 0.29) is 25.1 Å². The van der Waals surface area contributed by atoms with Crippen molar-refractivity contribution in [1.82, 2.24) is 10.2 Å². The molecule has 0 atom stereocenters. The van der Waals surface area contributed by atoms with Gasteiger partial charge in [-0.25, -0.2) is 4.79 Å². The Labute approximate surface area is 158 Å². The summed E-state index contributed by atoms with van der Waals surface area (Å²) in [5.74, 6) is 0.494. The molecule has 7 heteroatoms. The second-order valence-corrected chi connectivity index (χ2v) is 6.00. The maximum Gasteiger partial charge on any atom is 0.322 e. The Morgan fingerprint density at radius 3 is 2.56 bits per heavy atom. The number of ether oxygens (including phenoxy) is 1. The van der Waals surface area contributed by atoms with E-state index < -0.39 is 0 Å². The molecule has 0 aliphatic heterocycles. The van der Waals surface area contributed by atoms with Crippen LogP contribution >= 0.6 is 0 Å². The zero-order valence-electron chi connectivity index (χ0n) is 15.8. The number of benzene rings is 2. The number of hydrogen-bond donors (Lipinski definition) is 3. The van der Waals surface area contributed by atoms with Gasteiger partial charge in [-0.1, -0.05) is 18.2 Å². The first-order chi connectivity index (χ1) is 13.0. The van der Waals surface area contributed by atoms with Gasteiger partial charge in [0.2, 0.25) is 0 Å². The molecule has 0 saturated carbocycles. The molecule has 0 radical (unpaired) electrons. The molecule has 3 amide bonds. The maximum atomic E-state index is 12.7. The summed E-state index contributed by atoms with van der Waals surface area (Å²) in [4.78, 5) is 25.9. The first kappa shape index (κ1) is 20.3. The van der Waals surface area contributed by atoms with Gasteiger partial charge in [0, 0.05) is 30.4 Å². The topological polar surface area (TPSA) is 90.9 Å². The molecule has 2 aromatic rings. The SMILES string of the molecule is CNC(=O)c1ccc(NC(=O)N(CCO)Cc2ccccc2OC)c(C)c1. The van der Waals surface area contributed by atoms with Gasteiger partial charge in [-0.3, -0.25) is 4.79 Å². The molecule has 0 spiro atoms. The van der Waals surface area contributed by atoms with Gasteiger partial charge in [0.25, 0.3) is 5.91 Å². The van der Waals surface area contributed by atoms with Crippen molar-refractivity contribution in [2.75, 3.05) is 32.6 Å². The summed E-state index contributed by atoms with van der Waals surface area (Å²) in [6.45, 7) is 2.14. The van der Waals surface area contributed by atoms with E-state index >= 15 is 0 Å². The van der Waals surface area contributed by atoms with E-state index in [1.165, 1.54) is 4.90 Å². The third-order valence-electron chi connectivity index (χ3n) is 4.17. The van der Waals surface area contributed by atoms with Crippen molar-refractivity contribution in [2.24, 2.45) is 0 Å². The highest BCUT2D eigenvalue weighted by Crippen LogP contribution is 2.21. The van der Waals surface area contributed by atoms with E-state index in [0.29, 0.717) is 23.5 Å². The van der Waals surface area contributed by atoms with Gasteiger partial charge in [-0.15, -0.1) is 0 Å². The molecule has 0 aliphatic rings. The molecular formula is C20H25N3O4. The highest BCUT2D eigenvalue weighted by atomic mass is 16.5. The van der Waals surface area contributed by atoms with Crippen molar-refractivity contribution in [2.45, 2.75) is 13.5 Å². The zero-order chi connectivity index (χ0) is 19.8. The maximum absolute atomic E-state index is 12.7. The van der Waals surface area contributed by atoms with E-state index in [1.807, 2.05) is 31.2 Å². The number of anilines is 1. The molecule has 144 valence electrons. The fraction of sp³-hybridized carbons (Fsp3) is 0.300. The van der Waals surface area contributed by atoms with Crippen LogP contribution in [0.5, 0.6) is 5.75 Å². The Bertz CT molecular complexity index is 808. The minimum Gasteiger partial charge on any atom is -0.496 e. The average molecular weight is 371 g/mol. The van der Waals surface area contributed by atoms with Crippen LogP contribution in [0.3, 0.4) is 0 Å². The summed E-state index contributed by atoms with van der Waals surface area (Å²) in [6, 6.07) is 12.1. The number of aliphatic hydroxyl groups excluding tert-OH is 1. The van der Waals surface area contributed by atoms with Gasteiger partial charge in [0.05, 0.1) is 20.3 Å². The Kier molecular flexibility index (Phi) is 7.19. The van der Waals surface area contributed by atoms with Crippen molar-refractivity contribution in [3.05, 3.63) is 59.2 Å². The quantitative estimate of drug-likeness (QED) is 0.697. The standard InChI is InChI=1S/C20H25N3O4/c1-14-12-15(19(25)21-2)8-9-17(14)22-20(26)23(10-11-24)13-16-6-4-5-7-18(16)27-3/h4-9,12,24H,10-11,13H2,1-3H3,(H,21,25)(H,22,26). The number of carbonyl (C=O) groups excluding carboxylic acids is 2. The molecule has 0 unspecified atom stereocenters. The average Bonchev–Trinajstić information content (AvgIpc) is 2.68. The fourth-order valence-electron chi connectivity index (χ4n) is 2.70. The highest BCUT2D eigenvalue weighted by molar-refractivity contribution is 5.96. The van der Waals surface area contributed by atoms with E-state index in [0.717, 1.165) is 11.1 Å². The zero-order valence-corrected chi connectivity index (χ0v) is 15.8. The largest absolute Gasteiger partial charge is 0.496 e. The van der Waals surface area contributed by atoms with Crippen LogP contribution in [-0.2, 0) is 6.54 Å². The van der Waals surface area contributed by atoms with Crippen LogP contribution in [0.2, 0.25) is 0 Å². The Morgan fingerprint density at radius 2 is 1.93 bits per heavy atom. The predicted molar refractivity (Wildman–Crippen MR) is 104 cm³/mol. The van der Waals surface area contributed by atoms with Crippen LogP contribution < -0.4 is 15.4 Å². The fourth-order valence-corrected chi connectivity index (χ4v) is 2.70. The van der Waals surface area contributed by atoms with Gasteiger partial charge >= 0.3 is 6.03 Å². The molecule has 0 bridgehead atoms. The lowest BCUT2D eigenvalue weighted by atomic mass is 10.1. The summed E-state index contributed by atoms with van der Waals surface area (Å²) in [5, 5.41) is 14.7. The van der Waals surface area contributed by atoms with Crippen LogP contribution in [0.4, 0.5) is 10.5 Å². The number of urea groups is 1. The minimum atomic E-state index is -0.342. The van der Waals surface area contributed by atoms with Crippen molar-refractivity contribution in [3.8, 4) is 5.75 Å². The van der Waals surface area contributed by atoms with Gasteiger partial charge in [-0.2, -0.15) is 0 Å². The number of methoxy groups -OCH3 is 1. The van der Waals surface area contributed by atoms with Crippen LogP contribution in [0, 0.1) is 6.92 Å². The van der Waals surface area contributed by atoms with E-state index in [4.69, 9.17) is 4.74 Å². The lowest BCUT2D eigenvalue weighted by Gasteiger charge is -2.24. The summed E-state index contributed by atoms with van der Waals surface area (Å²) >= 11 is 0. The van der Waals surface area contributed by atoms with Crippen molar-refractivity contribution in [3.63, 3.8) is 0 Å². The van der Waals surface area contributed by atoms with E-state index in [2.05, 4.69) is 10.6 Å². The van der Waals surface area contributed by atoms with Gasteiger partial charge in [-0.05, 0) is 36.8 Å². The summed E-state index contributed by atoms with van der Waals surface area (Å²) in [6.07, 6.45) is 0. The van der Waals surface area contributed by atoms with Gasteiger partial charge in [0.1, 0.15) is 5.75 Å². The highest BCUT2D eigenvalue weighted by Gasteiger charge is 2.17. The van der Waals surface area contributed by atoms with Gasteiger partial charge < -0.3 is 25.4 Å². The lowest BCUT2D eigenvalue weighted by molar-refractivity contribution is 0.0963. The number of para-hydroxylation sites is 1. The predicted octanol–water partition coefficient (Wildman–Crippen LogP) is 2.39. The van der Waals surface area contributed by atoms with Crippen LogP contribution in [0.15, 0.2) is 42.5 Å². The minimum absolute atomic E-state index is 0.156. The van der Waals surface area contributed by atoms with Crippen LogP contribution in [-0.4, -0.2) is 49.3 Å². The Morgan fingerprint density at radius 1 is 1.19 bits per heavy atom. The number of aryl methyl sites for hydroxylation is 1. The number of hydrogen-bond acceptors (Lipinski definition) is 4. The molecule has 0 aliphatic carbocycles. The number of aliphatic hydroxyl groups is 1. The molecular weight excluding hydrogens is 346 g/mol. The molecule has 0 heterocycles. The molecule has 7 nitrogen and oxygen atoms in total. The monoisotopic (exact) mass is 371 g/mol. The summed E-state index contributed by atoms with van der Waals surface area (Å²) in [7, 11) is 3.14. The van der Waals surface area contributed by atoms with E-state index in [9.17, 15) is 14.7 Å². The molecule has 0 fully saturated rings. The smallest absolute Gasteiger partial charge is 0.322 e. The third-order valence-corrected chi connectivity index (χ3v) is 4.17. The molecule has 0 saturated heterocycles. The van der Waals surface area contributed by atoms with Crippen molar-refractivity contribution < 1.29 is 19.4 Å². The number of amides is 3. The Balaban J connectivity index is 2.16. The normalized spacial score (nSPS) is 10.2. The van der Waals surface area contributed by atoms with Crippen molar-refractivity contribution >= 4 is 17.6 Å². The second kappa shape index (κ2) is 9.59. The van der Waals surface area contributed by atoms with E-state index in [1.54, 1.807) is 32.4 Å². The Hall–Kier alpha value is -3.06. The summed E-state index contributed by atoms with van der Waals surface area (Å²) < 4.78 is 5.33. The first-order valence-electron chi connectivity index (χ1n) is 8.61. The van der Waals surface area contributed by atoms with Gasteiger partial charge in [0.15, 0.2) is 0 Å². The number of nitrogens with one attached hydrogen (secondary N) is 2. The van der Waals surface area contributed by atoms with Crippen molar-refractivity contribution in [1.29, 1.82) is 0 Å². The molecule has 27 heavy (non-hydrogen) atoms. The van der Waals surface area contributed by atoms with Crippen LogP contribution in [0.1, 0.15) is 21.5 Å².